The number of benzene rings is 2. The largest absolute Gasteiger partial charge is 0.379 e. The van der Waals surface area contributed by atoms with E-state index in [-0.39, 0.29) is 0 Å². The standard InChI is InChI=1S/C17H17N3/c1-14-7-9-15(10-8-14)18-13-16-11-12-20(19-16)17-5-3-2-4-6-17/h2-12,18H,13H2,1H3. The summed E-state index contributed by atoms with van der Waals surface area (Å²) in [6, 6.07) is 20.5. The Hall–Kier alpha value is -2.55. The third-order valence-electron chi connectivity index (χ3n) is 3.19. The van der Waals surface area contributed by atoms with Crippen molar-refractivity contribution in [3.8, 4) is 5.69 Å². The molecule has 0 atom stereocenters. The van der Waals surface area contributed by atoms with E-state index < -0.39 is 0 Å². The lowest BCUT2D eigenvalue weighted by Gasteiger charge is -2.04. The molecule has 0 amide bonds. The minimum atomic E-state index is 0.725. The van der Waals surface area contributed by atoms with Crippen molar-refractivity contribution in [2.24, 2.45) is 0 Å². The highest BCUT2D eigenvalue weighted by molar-refractivity contribution is 5.44. The quantitative estimate of drug-likeness (QED) is 0.776. The van der Waals surface area contributed by atoms with Crippen molar-refractivity contribution in [2.75, 3.05) is 5.32 Å². The van der Waals surface area contributed by atoms with Crippen LogP contribution in [0.25, 0.3) is 5.69 Å². The van der Waals surface area contributed by atoms with Gasteiger partial charge in [-0.2, -0.15) is 5.10 Å². The lowest BCUT2D eigenvalue weighted by molar-refractivity contribution is 0.844. The Kier molecular flexibility index (Phi) is 3.50. The summed E-state index contributed by atoms with van der Waals surface area (Å²) in [6.45, 7) is 2.81. The first-order valence-corrected chi connectivity index (χ1v) is 6.72. The van der Waals surface area contributed by atoms with Gasteiger partial charge in [0, 0.05) is 11.9 Å². The second-order valence-electron chi connectivity index (χ2n) is 4.81. The molecule has 0 fully saturated rings. The highest BCUT2D eigenvalue weighted by atomic mass is 15.3. The molecule has 3 aromatic rings. The van der Waals surface area contributed by atoms with E-state index in [4.69, 9.17) is 0 Å². The minimum Gasteiger partial charge on any atom is -0.379 e. The number of hydrogen-bond acceptors (Lipinski definition) is 2. The highest BCUT2D eigenvalue weighted by Gasteiger charge is 2.00. The van der Waals surface area contributed by atoms with Gasteiger partial charge in [0.15, 0.2) is 0 Å². The number of hydrogen-bond donors (Lipinski definition) is 1. The molecule has 3 rings (SSSR count). The molecule has 0 bridgehead atoms. The molecule has 0 aliphatic heterocycles. The molecule has 3 nitrogen and oxygen atoms in total. The zero-order valence-electron chi connectivity index (χ0n) is 11.5. The van der Waals surface area contributed by atoms with E-state index in [9.17, 15) is 0 Å². The number of para-hydroxylation sites is 1. The van der Waals surface area contributed by atoms with Crippen molar-refractivity contribution in [1.29, 1.82) is 0 Å². The van der Waals surface area contributed by atoms with Crippen LogP contribution in [0.2, 0.25) is 0 Å². The van der Waals surface area contributed by atoms with E-state index in [0.29, 0.717) is 0 Å². The molecule has 20 heavy (non-hydrogen) atoms. The number of nitrogens with one attached hydrogen (secondary N) is 1. The number of aryl methyl sites for hydroxylation is 1. The fourth-order valence-electron chi connectivity index (χ4n) is 2.04. The van der Waals surface area contributed by atoms with Crippen LogP contribution in [0, 0.1) is 6.92 Å². The SMILES string of the molecule is Cc1ccc(NCc2ccn(-c3ccccc3)n2)cc1. The molecule has 2 aromatic carbocycles. The number of nitrogens with zero attached hydrogens (tertiary/aromatic N) is 2. The fraction of sp³-hybridized carbons (Fsp3) is 0.118. The van der Waals surface area contributed by atoms with Crippen molar-refractivity contribution < 1.29 is 0 Å². The van der Waals surface area contributed by atoms with Crippen LogP contribution >= 0.6 is 0 Å². The lowest BCUT2D eigenvalue weighted by Crippen LogP contribution is -2.01. The Labute approximate surface area is 118 Å². The Morgan fingerprint density at radius 3 is 2.45 bits per heavy atom. The summed E-state index contributed by atoms with van der Waals surface area (Å²) >= 11 is 0. The molecule has 0 radical (unpaired) electrons. The molecule has 0 aliphatic carbocycles. The van der Waals surface area contributed by atoms with Crippen molar-refractivity contribution >= 4 is 5.69 Å². The molecule has 0 unspecified atom stereocenters. The van der Waals surface area contributed by atoms with Crippen LogP contribution < -0.4 is 5.32 Å². The summed E-state index contributed by atoms with van der Waals surface area (Å²) in [7, 11) is 0. The van der Waals surface area contributed by atoms with Crippen LogP contribution in [-0.2, 0) is 6.54 Å². The van der Waals surface area contributed by atoms with Crippen LogP contribution in [0.1, 0.15) is 11.3 Å². The van der Waals surface area contributed by atoms with Gasteiger partial charge in [0.2, 0.25) is 0 Å². The van der Waals surface area contributed by atoms with Gasteiger partial charge >= 0.3 is 0 Å². The molecular formula is C17H17N3. The molecule has 0 aliphatic rings. The van der Waals surface area contributed by atoms with E-state index in [1.807, 2.05) is 47.3 Å². The van der Waals surface area contributed by atoms with E-state index in [1.165, 1.54) is 5.56 Å². The fourth-order valence-corrected chi connectivity index (χ4v) is 2.04. The first-order valence-electron chi connectivity index (χ1n) is 6.72. The number of aromatic nitrogens is 2. The van der Waals surface area contributed by atoms with Crippen molar-refractivity contribution in [1.82, 2.24) is 9.78 Å². The molecule has 100 valence electrons. The van der Waals surface area contributed by atoms with Gasteiger partial charge in [-0.3, -0.25) is 0 Å². The van der Waals surface area contributed by atoms with E-state index in [0.717, 1.165) is 23.6 Å². The summed E-state index contributed by atoms with van der Waals surface area (Å²) < 4.78 is 1.89. The van der Waals surface area contributed by atoms with Gasteiger partial charge in [-0.05, 0) is 37.3 Å². The second-order valence-corrected chi connectivity index (χ2v) is 4.81. The molecule has 3 heteroatoms. The predicted molar refractivity (Wildman–Crippen MR) is 82.1 cm³/mol. The van der Waals surface area contributed by atoms with Crippen molar-refractivity contribution in [3.63, 3.8) is 0 Å². The Bertz CT molecular complexity index is 669. The van der Waals surface area contributed by atoms with Crippen LogP contribution in [0.4, 0.5) is 5.69 Å². The van der Waals surface area contributed by atoms with Gasteiger partial charge in [0.1, 0.15) is 0 Å². The number of anilines is 1. The highest BCUT2D eigenvalue weighted by Crippen LogP contribution is 2.11. The summed E-state index contributed by atoms with van der Waals surface area (Å²) in [5.41, 5.74) is 4.48. The zero-order chi connectivity index (χ0) is 13.8. The zero-order valence-corrected chi connectivity index (χ0v) is 11.5. The molecule has 1 heterocycles. The van der Waals surface area contributed by atoms with Crippen LogP contribution in [0.3, 0.4) is 0 Å². The van der Waals surface area contributed by atoms with Gasteiger partial charge in [-0.25, -0.2) is 4.68 Å². The predicted octanol–water partition coefficient (Wildman–Crippen LogP) is 3.79. The van der Waals surface area contributed by atoms with E-state index in [1.54, 1.807) is 0 Å². The van der Waals surface area contributed by atoms with Crippen LogP contribution in [-0.4, -0.2) is 9.78 Å². The van der Waals surface area contributed by atoms with Gasteiger partial charge in [0.25, 0.3) is 0 Å². The molecule has 0 saturated heterocycles. The molecule has 0 spiro atoms. The molecular weight excluding hydrogens is 246 g/mol. The van der Waals surface area contributed by atoms with Gasteiger partial charge < -0.3 is 5.32 Å². The maximum Gasteiger partial charge on any atom is 0.0819 e. The van der Waals surface area contributed by atoms with Gasteiger partial charge in [0.05, 0.1) is 17.9 Å². The summed E-state index contributed by atoms with van der Waals surface area (Å²) in [4.78, 5) is 0. The Balaban J connectivity index is 1.67. The van der Waals surface area contributed by atoms with Crippen LogP contribution in [0.15, 0.2) is 66.9 Å². The van der Waals surface area contributed by atoms with E-state index in [2.05, 4.69) is 41.6 Å². The molecule has 1 N–H and O–H groups in total. The monoisotopic (exact) mass is 263 g/mol. The van der Waals surface area contributed by atoms with Crippen LogP contribution in [0.5, 0.6) is 0 Å². The second kappa shape index (κ2) is 5.61. The summed E-state index contributed by atoms with van der Waals surface area (Å²) in [5, 5.41) is 7.94. The Morgan fingerprint density at radius 1 is 0.950 bits per heavy atom. The van der Waals surface area contributed by atoms with Crippen molar-refractivity contribution in [2.45, 2.75) is 13.5 Å². The normalized spacial score (nSPS) is 10.4. The lowest BCUT2D eigenvalue weighted by atomic mass is 10.2. The maximum absolute atomic E-state index is 4.57. The van der Waals surface area contributed by atoms with Gasteiger partial charge in [-0.1, -0.05) is 35.9 Å². The molecule has 0 saturated carbocycles. The first-order chi connectivity index (χ1) is 9.81. The third kappa shape index (κ3) is 2.88. The van der Waals surface area contributed by atoms with Crippen molar-refractivity contribution in [3.05, 3.63) is 78.1 Å². The smallest absolute Gasteiger partial charge is 0.0819 e. The summed E-state index contributed by atoms with van der Waals surface area (Å²) in [5.74, 6) is 0. The first kappa shape index (κ1) is 12.5. The summed E-state index contributed by atoms with van der Waals surface area (Å²) in [6.07, 6.45) is 1.99. The molecule has 1 aromatic heterocycles. The number of rotatable bonds is 4. The van der Waals surface area contributed by atoms with Gasteiger partial charge in [-0.15, -0.1) is 0 Å². The average Bonchev–Trinajstić information content (AvgIpc) is 2.97. The minimum absolute atomic E-state index is 0.725. The third-order valence-corrected chi connectivity index (χ3v) is 3.19. The Morgan fingerprint density at radius 2 is 1.70 bits per heavy atom. The van der Waals surface area contributed by atoms with E-state index >= 15 is 0 Å². The average molecular weight is 263 g/mol. The topological polar surface area (TPSA) is 29.9 Å². The maximum atomic E-state index is 4.57.